The summed E-state index contributed by atoms with van der Waals surface area (Å²) in [7, 11) is -1.64. The maximum atomic E-state index is 15.2. The molecule has 214 valence electrons. The Morgan fingerprint density at radius 3 is 2.49 bits per heavy atom. The van der Waals surface area contributed by atoms with Gasteiger partial charge in [0.1, 0.15) is 10.9 Å². The van der Waals surface area contributed by atoms with Gasteiger partial charge < -0.3 is 20.4 Å². The molecule has 0 radical (unpaired) electrons. The molecule has 1 saturated heterocycles. The van der Waals surface area contributed by atoms with Crippen LogP contribution in [0.15, 0.2) is 58.0 Å². The Labute approximate surface area is 238 Å². The van der Waals surface area contributed by atoms with Gasteiger partial charge in [-0.3, -0.25) is 0 Å². The van der Waals surface area contributed by atoms with Crippen molar-refractivity contribution in [3.63, 3.8) is 0 Å². The summed E-state index contributed by atoms with van der Waals surface area (Å²) in [6.45, 7) is 5.80. The second-order valence-corrected chi connectivity index (χ2v) is 13.8. The lowest BCUT2D eigenvalue weighted by molar-refractivity contribution is 0.234. The van der Waals surface area contributed by atoms with E-state index in [0.717, 1.165) is 43.6 Å². The smallest absolute Gasteiger partial charge is 0.270 e. The van der Waals surface area contributed by atoms with Crippen LogP contribution in [0, 0.1) is 0 Å². The first-order valence-corrected chi connectivity index (χ1v) is 15.0. The van der Waals surface area contributed by atoms with Crippen LogP contribution in [-0.2, 0) is 16.4 Å². The normalized spacial score (nSPS) is 20.2. The van der Waals surface area contributed by atoms with Crippen molar-refractivity contribution in [2.45, 2.75) is 55.1 Å². The van der Waals surface area contributed by atoms with Gasteiger partial charge in [0, 0.05) is 29.3 Å². The summed E-state index contributed by atoms with van der Waals surface area (Å²) in [5.74, 6) is 0.493. The molecule has 1 fully saturated rings. The predicted molar refractivity (Wildman–Crippen MR) is 153 cm³/mol. The van der Waals surface area contributed by atoms with Crippen molar-refractivity contribution in [2.24, 2.45) is 0 Å². The summed E-state index contributed by atoms with van der Waals surface area (Å²) in [6, 6.07) is 12.9. The molecule has 1 unspecified atom stereocenters. The predicted octanol–water partition coefficient (Wildman–Crippen LogP) is 4.20. The van der Waals surface area contributed by atoms with E-state index in [1.165, 1.54) is 32.2 Å². The van der Waals surface area contributed by atoms with Crippen LogP contribution in [0.25, 0.3) is 34.3 Å². The van der Waals surface area contributed by atoms with Crippen molar-refractivity contribution in [2.75, 3.05) is 25.9 Å². The summed E-state index contributed by atoms with van der Waals surface area (Å²) in [4.78, 5) is 11.1. The second kappa shape index (κ2) is 10.3. The van der Waals surface area contributed by atoms with Crippen molar-refractivity contribution in [1.82, 2.24) is 30.4 Å². The van der Waals surface area contributed by atoms with Gasteiger partial charge in [0.15, 0.2) is 21.3 Å². The van der Waals surface area contributed by atoms with E-state index in [-0.39, 0.29) is 27.9 Å². The molecular formula is C29H32FN7O3S. The van der Waals surface area contributed by atoms with E-state index < -0.39 is 20.8 Å². The Morgan fingerprint density at radius 1 is 1.07 bits per heavy atom. The van der Waals surface area contributed by atoms with Crippen molar-refractivity contribution < 1.29 is 17.2 Å². The second-order valence-electron chi connectivity index (χ2n) is 11.3. The van der Waals surface area contributed by atoms with Crippen molar-refractivity contribution in [1.29, 1.82) is 0 Å². The number of likely N-dealkylation sites (tertiary alicyclic amines) is 1. The third kappa shape index (κ3) is 4.89. The molecule has 4 aromatic rings. The number of nitrogens with zero attached hydrogens (tertiary/aromatic N) is 5. The van der Waals surface area contributed by atoms with Gasteiger partial charge >= 0.3 is 0 Å². The van der Waals surface area contributed by atoms with E-state index in [4.69, 9.17) is 10.2 Å². The van der Waals surface area contributed by atoms with Crippen LogP contribution in [0.3, 0.4) is 0 Å². The molecule has 2 aliphatic rings. The molecule has 2 aliphatic heterocycles. The Bertz CT molecular complexity index is 1700. The molecule has 6 rings (SSSR count). The number of alkyl halides is 1. The van der Waals surface area contributed by atoms with E-state index in [0.29, 0.717) is 23.2 Å². The zero-order valence-electron chi connectivity index (χ0n) is 23.1. The zero-order chi connectivity index (χ0) is 28.9. The minimum Gasteiger partial charge on any atom is -0.414 e. The maximum absolute atomic E-state index is 15.2. The molecule has 2 aromatic carbocycles. The molecule has 2 aromatic heterocycles. The lowest BCUT2D eigenvalue weighted by atomic mass is 9.98. The molecule has 0 spiro atoms. The monoisotopic (exact) mass is 577 g/mol. The number of halogens is 1. The standard InChI is InChI=1S/C29H32FN7O3S/c1-29(2)25(30)21-14-19(8-9-23(21)41(29,38)39)22-16-33-26(31)24(34-22)28-36-35-27(40-28)18-6-4-17(5-7-18)15-32-20-10-12-37(3)13-11-20/h4-9,14,16,20,25,32H,10-13,15H2,1-3H3,(H2,31,33). The summed E-state index contributed by atoms with van der Waals surface area (Å²) < 4.78 is 45.1. The number of sulfone groups is 1. The number of hydrogen-bond donors (Lipinski definition) is 2. The first-order valence-electron chi connectivity index (χ1n) is 13.6. The third-order valence-electron chi connectivity index (χ3n) is 8.11. The highest BCUT2D eigenvalue weighted by atomic mass is 32.2. The number of nitrogens with one attached hydrogen (secondary N) is 1. The van der Waals surface area contributed by atoms with Gasteiger partial charge in [-0.2, -0.15) is 0 Å². The number of piperidine rings is 1. The zero-order valence-corrected chi connectivity index (χ0v) is 23.9. The number of aromatic nitrogens is 4. The highest BCUT2D eigenvalue weighted by Crippen LogP contribution is 2.49. The Hall–Kier alpha value is -3.74. The van der Waals surface area contributed by atoms with Crippen LogP contribution < -0.4 is 11.1 Å². The maximum Gasteiger partial charge on any atom is 0.270 e. The fourth-order valence-corrected chi connectivity index (χ4v) is 7.00. The molecule has 10 nitrogen and oxygen atoms in total. The van der Waals surface area contributed by atoms with E-state index in [1.807, 2.05) is 24.3 Å². The number of nitrogens with two attached hydrogens (primary N) is 1. The van der Waals surface area contributed by atoms with Crippen LogP contribution >= 0.6 is 0 Å². The summed E-state index contributed by atoms with van der Waals surface area (Å²) in [5.41, 5.74) is 9.18. The lowest BCUT2D eigenvalue weighted by Gasteiger charge is -2.29. The molecule has 3 N–H and O–H groups in total. The topological polar surface area (TPSA) is 140 Å². The Balaban J connectivity index is 1.21. The molecule has 12 heteroatoms. The van der Waals surface area contributed by atoms with Crippen LogP contribution in [0.5, 0.6) is 0 Å². The van der Waals surface area contributed by atoms with Gasteiger partial charge in [0.2, 0.25) is 5.89 Å². The fraction of sp³-hybridized carbons (Fsp3) is 0.379. The first-order chi connectivity index (χ1) is 19.5. The van der Waals surface area contributed by atoms with Crippen LogP contribution in [0.1, 0.15) is 44.0 Å². The van der Waals surface area contributed by atoms with Crippen LogP contribution in [0.4, 0.5) is 10.2 Å². The molecule has 0 bridgehead atoms. The molecule has 0 saturated carbocycles. The minimum absolute atomic E-state index is 0.00691. The lowest BCUT2D eigenvalue weighted by Crippen LogP contribution is -2.40. The highest BCUT2D eigenvalue weighted by molar-refractivity contribution is 7.93. The summed E-state index contributed by atoms with van der Waals surface area (Å²) in [6.07, 6.45) is 2.07. The minimum atomic E-state index is -3.80. The van der Waals surface area contributed by atoms with Gasteiger partial charge in [-0.05, 0) is 76.7 Å². The van der Waals surface area contributed by atoms with Crippen LogP contribution in [0.2, 0.25) is 0 Å². The molecule has 4 heterocycles. The summed E-state index contributed by atoms with van der Waals surface area (Å²) in [5, 5.41) is 11.9. The van der Waals surface area contributed by atoms with Gasteiger partial charge in [-0.1, -0.05) is 18.2 Å². The largest absolute Gasteiger partial charge is 0.414 e. The number of rotatable bonds is 6. The first kappa shape index (κ1) is 27.4. The molecule has 0 amide bonds. The van der Waals surface area contributed by atoms with Crippen molar-refractivity contribution in [3.8, 4) is 34.3 Å². The average Bonchev–Trinajstić information content (AvgIpc) is 3.51. The van der Waals surface area contributed by atoms with E-state index in [9.17, 15) is 8.42 Å². The third-order valence-corrected chi connectivity index (χ3v) is 10.7. The Kier molecular flexibility index (Phi) is 6.87. The highest BCUT2D eigenvalue weighted by Gasteiger charge is 2.52. The number of benzene rings is 2. The van der Waals surface area contributed by atoms with E-state index >= 15 is 4.39 Å². The number of fused-ring (bicyclic) bond motifs is 1. The van der Waals surface area contributed by atoms with Gasteiger partial charge in [-0.25, -0.2) is 22.8 Å². The summed E-state index contributed by atoms with van der Waals surface area (Å²) >= 11 is 0. The van der Waals surface area contributed by atoms with Gasteiger partial charge in [-0.15, -0.1) is 10.2 Å². The quantitative estimate of drug-likeness (QED) is 0.343. The van der Waals surface area contributed by atoms with E-state index in [2.05, 4.69) is 37.4 Å². The van der Waals surface area contributed by atoms with Crippen molar-refractivity contribution >= 4 is 15.7 Å². The fourth-order valence-electron chi connectivity index (χ4n) is 5.32. The average molecular weight is 578 g/mol. The molecule has 0 aliphatic carbocycles. The SMILES string of the molecule is CN1CCC(NCc2ccc(-c3nnc(-c4nc(-c5ccc6c(c5)C(F)C(C)(C)S6(=O)=O)cnc4N)o3)cc2)CC1. The van der Waals surface area contributed by atoms with Gasteiger partial charge in [0.05, 0.1) is 16.8 Å². The molecule has 1 atom stereocenters. The number of nitrogen functional groups attached to an aromatic ring is 1. The molecular weight excluding hydrogens is 545 g/mol. The van der Waals surface area contributed by atoms with Gasteiger partial charge in [0.25, 0.3) is 5.89 Å². The van der Waals surface area contributed by atoms with Crippen LogP contribution in [-0.4, -0.2) is 64.4 Å². The Morgan fingerprint density at radius 2 is 1.76 bits per heavy atom. The molecule has 41 heavy (non-hydrogen) atoms. The number of hydrogen-bond acceptors (Lipinski definition) is 10. The number of anilines is 1. The van der Waals surface area contributed by atoms with Crippen molar-refractivity contribution in [3.05, 3.63) is 59.8 Å². The van der Waals surface area contributed by atoms with E-state index in [1.54, 1.807) is 6.07 Å².